The Hall–Kier alpha value is -4.43. The molecule has 1 aromatic heterocycles. The smallest absolute Gasteiger partial charge is 0.0797 e. The van der Waals surface area contributed by atoms with Crippen molar-refractivity contribution in [2.75, 3.05) is 0 Å². The van der Waals surface area contributed by atoms with E-state index >= 15 is 0 Å². The second-order valence-corrected chi connectivity index (χ2v) is 10.5. The van der Waals surface area contributed by atoms with E-state index in [-0.39, 0.29) is 6.04 Å². The summed E-state index contributed by atoms with van der Waals surface area (Å²) < 4.78 is 2.37. The number of rotatable bonds is 4. The van der Waals surface area contributed by atoms with E-state index in [1.54, 1.807) is 0 Å². The van der Waals surface area contributed by atoms with E-state index in [1.165, 1.54) is 49.8 Å². The lowest BCUT2D eigenvalue weighted by molar-refractivity contribution is 0.730. The quantitative estimate of drug-likeness (QED) is 0.239. The van der Waals surface area contributed by atoms with Crippen LogP contribution in [-0.2, 0) is 0 Å². The topological polar surface area (TPSA) is 17.3 Å². The summed E-state index contributed by atoms with van der Waals surface area (Å²) in [6.07, 6.45) is 11.2. The lowest BCUT2D eigenvalue weighted by atomic mass is 9.88. The third kappa shape index (κ3) is 4.03. The minimum atomic E-state index is 0.0889. The van der Waals surface area contributed by atoms with Gasteiger partial charge in [0.15, 0.2) is 0 Å². The lowest BCUT2D eigenvalue weighted by Gasteiger charge is -2.24. The van der Waals surface area contributed by atoms with Crippen molar-refractivity contribution in [1.82, 2.24) is 4.57 Å². The van der Waals surface area contributed by atoms with Gasteiger partial charge in [-0.3, -0.25) is 4.99 Å². The number of para-hydroxylation sites is 2. The molecule has 0 saturated carbocycles. The van der Waals surface area contributed by atoms with Crippen LogP contribution in [0.15, 0.2) is 138 Å². The summed E-state index contributed by atoms with van der Waals surface area (Å²) in [6, 6.07) is 37.2. The average molecular weight is 491 g/mol. The molecule has 0 saturated heterocycles. The monoisotopic (exact) mass is 490 g/mol. The number of hydrogen-bond donors (Lipinski definition) is 0. The molecular weight excluding hydrogens is 460 g/mol. The SMILES string of the molecule is C[C@H]1C=CC(C2=NC(c3ccc(-n4c5ccccc5c5ccccc54)cc3)CC(c3ccccc3)=C2)=CC1. The Balaban J connectivity index is 1.28. The van der Waals surface area contributed by atoms with E-state index in [9.17, 15) is 0 Å². The second-order valence-electron chi connectivity index (χ2n) is 10.5. The van der Waals surface area contributed by atoms with Gasteiger partial charge in [0, 0.05) is 16.5 Å². The predicted octanol–water partition coefficient (Wildman–Crippen LogP) is 9.28. The van der Waals surface area contributed by atoms with Gasteiger partial charge in [0.1, 0.15) is 0 Å². The molecule has 4 aromatic carbocycles. The third-order valence-corrected chi connectivity index (χ3v) is 7.89. The van der Waals surface area contributed by atoms with Crippen molar-refractivity contribution in [3.05, 3.63) is 144 Å². The molecule has 1 aliphatic heterocycles. The fourth-order valence-corrected chi connectivity index (χ4v) is 5.85. The molecule has 2 aliphatic rings. The molecule has 0 N–H and O–H groups in total. The molecule has 2 atom stereocenters. The lowest BCUT2D eigenvalue weighted by Crippen LogP contribution is -2.12. The number of benzene rings is 4. The van der Waals surface area contributed by atoms with Crippen LogP contribution in [0.4, 0.5) is 0 Å². The molecule has 0 radical (unpaired) electrons. The Morgan fingerprint density at radius 2 is 1.39 bits per heavy atom. The molecular formula is C36H30N2. The van der Waals surface area contributed by atoms with E-state index in [4.69, 9.17) is 4.99 Å². The first-order chi connectivity index (χ1) is 18.7. The second kappa shape index (κ2) is 9.46. The average Bonchev–Trinajstić information content (AvgIpc) is 3.32. The number of aromatic nitrogens is 1. The van der Waals surface area contributed by atoms with Crippen molar-refractivity contribution < 1.29 is 0 Å². The predicted molar refractivity (Wildman–Crippen MR) is 161 cm³/mol. The van der Waals surface area contributed by atoms with Crippen LogP contribution in [-0.4, -0.2) is 10.3 Å². The molecule has 1 unspecified atom stereocenters. The van der Waals surface area contributed by atoms with Crippen molar-refractivity contribution in [3.8, 4) is 5.69 Å². The molecule has 0 fully saturated rings. The van der Waals surface area contributed by atoms with Gasteiger partial charge in [-0.15, -0.1) is 0 Å². The summed E-state index contributed by atoms with van der Waals surface area (Å²) in [4.78, 5) is 5.28. The van der Waals surface area contributed by atoms with Gasteiger partial charge in [-0.05, 0) is 71.4 Å². The van der Waals surface area contributed by atoms with Crippen LogP contribution in [0.1, 0.15) is 36.9 Å². The normalized spacial score (nSPS) is 19.3. The molecule has 0 bridgehead atoms. The first-order valence-electron chi connectivity index (χ1n) is 13.6. The van der Waals surface area contributed by atoms with Gasteiger partial charge in [0.2, 0.25) is 0 Å². The minimum absolute atomic E-state index is 0.0889. The van der Waals surface area contributed by atoms with Gasteiger partial charge in [-0.2, -0.15) is 0 Å². The molecule has 0 spiro atoms. The van der Waals surface area contributed by atoms with E-state index in [1.807, 2.05) is 0 Å². The van der Waals surface area contributed by atoms with Crippen molar-refractivity contribution in [3.63, 3.8) is 0 Å². The molecule has 38 heavy (non-hydrogen) atoms. The van der Waals surface area contributed by atoms with Crippen molar-refractivity contribution in [2.24, 2.45) is 10.9 Å². The summed E-state index contributed by atoms with van der Waals surface area (Å²) >= 11 is 0. The highest BCUT2D eigenvalue weighted by Gasteiger charge is 2.22. The third-order valence-electron chi connectivity index (χ3n) is 7.89. The van der Waals surface area contributed by atoms with Gasteiger partial charge in [-0.25, -0.2) is 0 Å². The van der Waals surface area contributed by atoms with Crippen molar-refractivity contribution in [2.45, 2.75) is 25.8 Å². The number of allylic oxidation sites excluding steroid dienone is 5. The summed E-state index contributed by atoms with van der Waals surface area (Å²) in [5.74, 6) is 0.588. The zero-order valence-corrected chi connectivity index (χ0v) is 21.6. The molecule has 2 heteroatoms. The van der Waals surface area contributed by atoms with E-state index in [2.05, 4.69) is 139 Å². The zero-order valence-electron chi connectivity index (χ0n) is 21.6. The number of aliphatic imine (C=N–C) groups is 1. The first-order valence-corrected chi connectivity index (χ1v) is 13.6. The highest BCUT2D eigenvalue weighted by atomic mass is 15.0. The molecule has 5 aromatic rings. The van der Waals surface area contributed by atoms with Gasteiger partial charge >= 0.3 is 0 Å². The van der Waals surface area contributed by atoms with Gasteiger partial charge in [0.25, 0.3) is 0 Å². The van der Waals surface area contributed by atoms with Crippen LogP contribution in [0.25, 0.3) is 33.1 Å². The Labute approximate surface area is 224 Å². The van der Waals surface area contributed by atoms with E-state index < -0.39 is 0 Å². The van der Waals surface area contributed by atoms with Crippen LogP contribution >= 0.6 is 0 Å². The fraction of sp³-hybridized carbons (Fsp3) is 0.139. The number of fused-ring (bicyclic) bond motifs is 3. The van der Waals surface area contributed by atoms with Crippen LogP contribution in [0.2, 0.25) is 0 Å². The Kier molecular flexibility index (Phi) is 5.66. The van der Waals surface area contributed by atoms with Crippen LogP contribution in [0.5, 0.6) is 0 Å². The largest absolute Gasteiger partial charge is 0.309 e. The molecule has 184 valence electrons. The summed E-state index contributed by atoms with van der Waals surface area (Å²) in [6.45, 7) is 2.26. The summed E-state index contributed by atoms with van der Waals surface area (Å²) in [5, 5.41) is 2.57. The number of hydrogen-bond acceptors (Lipinski definition) is 1. The van der Waals surface area contributed by atoms with Crippen LogP contribution in [0.3, 0.4) is 0 Å². The minimum Gasteiger partial charge on any atom is -0.309 e. The number of dihydropyridines is 1. The highest BCUT2D eigenvalue weighted by Crippen LogP contribution is 2.37. The molecule has 0 amide bonds. The molecule has 2 heterocycles. The molecule has 1 aliphatic carbocycles. The maximum Gasteiger partial charge on any atom is 0.0797 e. The van der Waals surface area contributed by atoms with Gasteiger partial charge < -0.3 is 4.57 Å². The van der Waals surface area contributed by atoms with Crippen LogP contribution in [0, 0.1) is 5.92 Å². The highest BCUT2D eigenvalue weighted by molar-refractivity contribution is 6.14. The Morgan fingerprint density at radius 3 is 2.05 bits per heavy atom. The van der Waals surface area contributed by atoms with Crippen molar-refractivity contribution >= 4 is 33.1 Å². The van der Waals surface area contributed by atoms with Crippen LogP contribution < -0.4 is 0 Å². The van der Waals surface area contributed by atoms with Gasteiger partial charge in [-0.1, -0.05) is 104 Å². The Morgan fingerprint density at radius 1 is 0.737 bits per heavy atom. The molecule has 7 rings (SSSR count). The summed E-state index contributed by atoms with van der Waals surface area (Å²) in [7, 11) is 0. The zero-order chi connectivity index (χ0) is 25.5. The van der Waals surface area contributed by atoms with Gasteiger partial charge in [0.05, 0.1) is 22.8 Å². The first kappa shape index (κ1) is 22.7. The maximum atomic E-state index is 5.28. The maximum absolute atomic E-state index is 5.28. The molecule has 2 nitrogen and oxygen atoms in total. The summed E-state index contributed by atoms with van der Waals surface area (Å²) in [5.41, 5.74) is 9.86. The number of nitrogens with zero attached hydrogens (tertiary/aromatic N) is 2. The Bertz CT molecular complexity index is 1710. The van der Waals surface area contributed by atoms with Crippen molar-refractivity contribution in [1.29, 1.82) is 0 Å². The van der Waals surface area contributed by atoms with E-state index in [0.717, 1.165) is 18.6 Å². The standard InChI is InChI=1S/C36H30N2/c1-25-15-17-27(18-16-25)33-23-29(26-9-3-2-4-10-26)24-34(37-33)28-19-21-30(22-20-28)38-35-13-7-5-11-31(35)32-12-6-8-14-36(32)38/h2-15,17-23,25,34H,16,24H2,1H3/t25-,34?/m0/s1. The fourth-order valence-electron chi connectivity index (χ4n) is 5.85. The van der Waals surface area contributed by atoms with E-state index in [0.29, 0.717) is 5.92 Å².